The van der Waals surface area contributed by atoms with Crippen molar-refractivity contribution < 1.29 is 17.9 Å². The Bertz CT molecular complexity index is 808. The molecular weight excluding hydrogens is 389 g/mol. The molecule has 1 aliphatic rings. The highest BCUT2D eigenvalue weighted by Crippen LogP contribution is 2.21. The molecule has 1 aliphatic heterocycles. The molecule has 0 saturated carbocycles. The van der Waals surface area contributed by atoms with E-state index in [2.05, 4.69) is 28.5 Å². The van der Waals surface area contributed by atoms with Crippen LogP contribution in [0.2, 0.25) is 0 Å². The molecule has 1 aromatic rings. The number of hydrogen-bond acceptors (Lipinski definition) is 5. The van der Waals surface area contributed by atoms with Crippen molar-refractivity contribution in [1.82, 2.24) is 4.90 Å². The van der Waals surface area contributed by atoms with E-state index < -0.39 is 12.8 Å². The van der Waals surface area contributed by atoms with Crippen LogP contribution in [0.5, 0.6) is 0 Å². The Balaban J connectivity index is 2.11. The van der Waals surface area contributed by atoms with Gasteiger partial charge in [0.15, 0.2) is 6.61 Å². The molecule has 0 aromatic carbocycles. The minimum absolute atomic E-state index is 0.0460. The third-order valence-corrected chi connectivity index (χ3v) is 4.69. The minimum Gasteiger partial charge on any atom is -0.470 e. The zero-order chi connectivity index (χ0) is 20.6. The number of ether oxygens (including phenoxy) is 1. The summed E-state index contributed by atoms with van der Waals surface area (Å²) in [4.78, 5) is 7.43. The fourth-order valence-corrected chi connectivity index (χ4v) is 3.21. The topological polar surface area (TPSA) is 49.5 Å². The highest BCUT2D eigenvalue weighted by atomic mass is 32.1. The highest BCUT2D eigenvalue weighted by molar-refractivity contribution is 7.11. The summed E-state index contributed by atoms with van der Waals surface area (Å²) in [5.41, 5.74) is 1.67. The van der Waals surface area contributed by atoms with E-state index in [4.69, 9.17) is 4.74 Å². The maximum Gasteiger partial charge on any atom is 0.422 e. The van der Waals surface area contributed by atoms with Crippen LogP contribution in [-0.2, 0) is 4.74 Å². The Hall–Kier alpha value is -2.68. The molecule has 0 bridgehead atoms. The van der Waals surface area contributed by atoms with Crippen LogP contribution < -0.4 is 0 Å². The lowest BCUT2D eigenvalue weighted by molar-refractivity contribution is -0.156. The Labute approximate surface area is 165 Å². The molecule has 0 N–H and O–H groups in total. The van der Waals surface area contributed by atoms with Gasteiger partial charge in [-0.3, -0.25) is 4.99 Å². The van der Waals surface area contributed by atoms with Gasteiger partial charge in [-0.15, -0.1) is 16.4 Å². The van der Waals surface area contributed by atoms with Crippen LogP contribution in [0.4, 0.5) is 13.2 Å². The third kappa shape index (κ3) is 6.80. The number of aliphatic imine (C=N–C) groups is 1. The van der Waals surface area contributed by atoms with Crippen molar-refractivity contribution in [3.8, 4) is 0 Å². The lowest BCUT2D eigenvalue weighted by Gasteiger charge is -2.23. The van der Waals surface area contributed by atoms with Gasteiger partial charge in [-0.05, 0) is 28.7 Å². The molecule has 0 aliphatic carbocycles. The van der Waals surface area contributed by atoms with E-state index in [0.29, 0.717) is 24.5 Å². The van der Waals surface area contributed by atoms with Crippen LogP contribution in [-0.4, -0.2) is 56.3 Å². The summed E-state index contributed by atoms with van der Waals surface area (Å²) >= 11 is 1.62. The first kappa shape index (κ1) is 21.6. The van der Waals surface area contributed by atoms with Gasteiger partial charge in [0.05, 0.1) is 6.42 Å². The molecular formula is C19H21F3N4OS. The Kier molecular flexibility index (Phi) is 7.74. The van der Waals surface area contributed by atoms with E-state index in [9.17, 15) is 13.2 Å². The fraction of sp³-hybridized carbons (Fsp3) is 0.316. The molecule has 1 aromatic heterocycles. The van der Waals surface area contributed by atoms with Gasteiger partial charge in [0.1, 0.15) is 5.84 Å². The number of halogens is 3. The number of hydrogen-bond donors (Lipinski definition) is 0. The van der Waals surface area contributed by atoms with E-state index >= 15 is 0 Å². The summed E-state index contributed by atoms with van der Waals surface area (Å²) < 4.78 is 42.0. The second kappa shape index (κ2) is 10.0. The van der Waals surface area contributed by atoms with Crippen molar-refractivity contribution in [3.63, 3.8) is 0 Å². The van der Waals surface area contributed by atoms with Gasteiger partial charge in [0.25, 0.3) is 0 Å². The zero-order valence-electron chi connectivity index (χ0n) is 15.4. The zero-order valence-corrected chi connectivity index (χ0v) is 16.3. The van der Waals surface area contributed by atoms with Crippen molar-refractivity contribution in [2.24, 2.45) is 15.2 Å². The van der Waals surface area contributed by atoms with Crippen molar-refractivity contribution >= 4 is 35.4 Å². The van der Waals surface area contributed by atoms with Crippen LogP contribution >= 0.6 is 11.3 Å². The van der Waals surface area contributed by atoms with Crippen molar-refractivity contribution in [1.29, 1.82) is 0 Å². The van der Waals surface area contributed by atoms with E-state index in [1.807, 2.05) is 34.6 Å². The van der Waals surface area contributed by atoms with Crippen LogP contribution in [0.15, 0.2) is 63.1 Å². The number of nitrogens with zero attached hydrogens (tertiary/aromatic N) is 4. The monoisotopic (exact) mass is 410 g/mol. The lowest BCUT2D eigenvalue weighted by Crippen LogP contribution is -2.31. The van der Waals surface area contributed by atoms with E-state index in [0.717, 1.165) is 10.5 Å². The summed E-state index contributed by atoms with van der Waals surface area (Å²) in [5, 5.41) is 8.85. The summed E-state index contributed by atoms with van der Waals surface area (Å²) in [7, 11) is 1.66. The van der Waals surface area contributed by atoms with Gasteiger partial charge in [0, 0.05) is 31.7 Å². The first-order valence-electron chi connectivity index (χ1n) is 8.35. The molecule has 0 fully saturated rings. The number of allylic oxidation sites excluding steroid dienone is 1. The standard InChI is InChI=1S/C19H21F3N4OS/c1-14(16-7-5-9-28-16)12-26-8-4-6-15(10-17(26)23-2)11-18(25-24-3)27-13-19(20,21)22/h4-7,9-10H,1,3,8,11-13H2,2H3/b23-17?,25-18-. The van der Waals surface area contributed by atoms with Crippen molar-refractivity contribution in [3.05, 3.63) is 52.8 Å². The molecule has 5 nitrogen and oxygen atoms in total. The first-order valence-corrected chi connectivity index (χ1v) is 9.23. The normalized spacial score (nSPS) is 16.7. The average molecular weight is 410 g/mol. The molecule has 2 heterocycles. The Morgan fingerprint density at radius 2 is 2.18 bits per heavy atom. The van der Waals surface area contributed by atoms with Crippen LogP contribution in [0.1, 0.15) is 11.3 Å². The number of rotatable bonds is 7. The quantitative estimate of drug-likeness (QED) is 0.376. The maximum atomic E-state index is 12.4. The predicted molar refractivity (Wildman–Crippen MR) is 109 cm³/mol. The molecule has 2 rings (SSSR count). The van der Waals surface area contributed by atoms with Gasteiger partial charge < -0.3 is 9.64 Å². The van der Waals surface area contributed by atoms with Gasteiger partial charge in [-0.25, -0.2) is 0 Å². The number of alkyl halides is 3. The SMILES string of the molecule is C=N/N=C(/CC1=CC(=NC)N(CC(=C)c2cccs2)CC=C1)OCC(F)(F)F. The van der Waals surface area contributed by atoms with Gasteiger partial charge in [-0.1, -0.05) is 24.8 Å². The van der Waals surface area contributed by atoms with Crippen LogP contribution in [0.3, 0.4) is 0 Å². The minimum atomic E-state index is -4.45. The smallest absolute Gasteiger partial charge is 0.422 e. The Morgan fingerprint density at radius 1 is 1.39 bits per heavy atom. The largest absolute Gasteiger partial charge is 0.470 e. The highest BCUT2D eigenvalue weighted by Gasteiger charge is 2.29. The molecule has 28 heavy (non-hydrogen) atoms. The Morgan fingerprint density at radius 3 is 2.79 bits per heavy atom. The summed E-state index contributed by atoms with van der Waals surface area (Å²) in [5.74, 6) is 0.537. The first-order chi connectivity index (χ1) is 13.3. The number of thiophene rings is 1. The fourth-order valence-electron chi connectivity index (χ4n) is 2.51. The van der Waals surface area contributed by atoms with Gasteiger partial charge in [-0.2, -0.15) is 18.3 Å². The van der Waals surface area contributed by atoms with Crippen LogP contribution in [0.25, 0.3) is 5.57 Å². The molecule has 0 atom stereocenters. The van der Waals surface area contributed by atoms with E-state index in [1.54, 1.807) is 24.5 Å². The molecule has 9 heteroatoms. The molecule has 0 radical (unpaired) electrons. The third-order valence-electron chi connectivity index (χ3n) is 3.72. The van der Waals surface area contributed by atoms with E-state index in [1.165, 1.54) is 0 Å². The lowest BCUT2D eigenvalue weighted by atomic mass is 10.1. The summed E-state index contributed by atoms with van der Waals surface area (Å²) in [6, 6.07) is 3.98. The number of amidine groups is 1. The summed E-state index contributed by atoms with van der Waals surface area (Å²) in [6.07, 6.45) is 1.11. The van der Waals surface area contributed by atoms with E-state index in [-0.39, 0.29) is 12.3 Å². The van der Waals surface area contributed by atoms with Gasteiger partial charge >= 0.3 is 6.18 Å². The molecule has 0 saturated heterocycles. The molecule has 0 amide bonds. The van der Waals surface area contributed by atoms with Crippen LogP contribution in [0, 0.1) is 0 Å². The predicted octanol–water partition coefficient (Wildman–Crippen LogP) is 4.57. The van der Waals surface area contributed by atoms with Crippen molar-refractivity contribution in [2.75, 3.05) is 26.7 Å². The van der Waals surface area contributed by atoms with Crippen molar-refractivity contribution in [2.45, 2.75) is 12.6 Å². The molecule has 0 unspecified atom stereocenters. The molecule has 0 spiro atoms. The second-order valence-electron chi connectivity index (χ2n) is 5.88. The summed E-state index contributed by atoms with van der Waals surface area (Å²) in [6.45, 7) is 7.06. The van der Waals surface area contributed by atoms with Gasteiger partial charge in [0.2, 0.25) is 5.90 Å². The average Bonchev–Trinajstić information content (AvgIpc) is 3.10. The second-order valence-corrected chi connectivity index (χ2v) is 6.83. The molecule has 150 valence electrons. The maximum absolute atomic E-state index is 12.4.